The minimum Gasteiger partial charge on any atom is -0.139 e. The zero-order valence-electron chi connectivity index (χ0n) is 15.3. The first-order valence-corrected chi connectivity index (χ1v) is 9.36. The Morgan fingerprint density at radius 2 is 1.52 bits per heavy atom. The van der Waals surface area contributed by atoms with Crippen molar-refractivity contribution in [2.45, 2.75) is 65.2 Å². The van der Waals surface area contributed by atoms with Gasteiger partial charge in [-0.25, -0.2) is 0 Å². The topological polar surface area (TPSA) is 0 Å². The standard InChI is InChI=1S/C22H28S/c1-14-8-10-17(11-9-14)15(2)19-16(3)18-20(23-19)22(6,7)13-12-21(18,4)5/h8-11H,2,12-13H2,1,3-7H3. The number of hydrogen-bond acceptors (Lipinski definition) is 1. The van der Waals surface area contributed by atoms with E-state index in [1.807, 2.05) is 11.3 Å². The molecule has 0 bridgehead atoms. The third-order valence-corrected chi connectivity index (χ3v) is 7.20. The molecule has 0 fully saturated rings. The Morgan fingerprint density at radius 3 is 2.09 bits per heavy atom. The maximum Gasteiger partial charge on any atom is 0.0378 e. The molecule has 23 heavy (non-hydrogen) atoms. The molecular weight excluding hydrogens is 296 g/mol. The van der Waals surface area contributed by atoms with Crippen LogP contribution in [0.15, 0.2) is 30.8 Å². The van der Waals surface area contributed by atoms with Crippen molar-refractivity contribution in [3.63, 3.8) is 0 Å². The number of rotatable bonds is 2. The summed E-state index contributed by atoms with van der Waals surface area (Å²) in [6.07, 6.45) is 2.53. The summed E-state index contributed by atoms with van der Waals surface area (Å²) in [6.45, 7) is 18.5. The predicted octanol–water partition coefficient (Wildman–Crippen LogP) is 6.78. The molecule has 0 N–H and O–H groups in total. The molecule has 1 heteroatoms. The average Bonchev–Trinajstić information content (AvgIpc) is 2.84. The van der Waals surface area contributed by atoms with Crippen LogP contribution in [0.5, 0.6) is 0 Å². The minimum absolute atomic E-state index is 0.275. The molecule has 0 aliphatic heterocycles. The molecule has 0 atom stereocenters. The van der Waals surface area contributed by atoms with E-state index in [0.29, 0.717) is 0 Å². The number of benzene rings is 1. The Morgan fingerprint density at radius 1 is 0.957 bits per heavy atom. The Bertz CT molecular complexity index is 754. The molecule has 0 amide bonds. The van der Waals surface area contributed by atoms with Crippen molar-refractivity contribution in [1.29, 1.82) is 0 Å². The van der Waals surface area contributed by atoms with Gasteiger partial charge in [0.1, 0.15) is 0 Å². The van der Waals surface area contributed by atoms with Crippen LogP contribution in [0.2, 0.25) is 0 Å². The van der Waals surface area contributed by atoms with Crippen LogP contribution in [0.3, 0.4) is 0 Å². The number of thiophene rings is 1. The van der Waals surface area contributed by atoms with Crippen LogP contribution in [-0.4, -0.2) is 0 Å². The smallest absolute Gasteiger partial charge is 0.0378 e. The van der Waals surface area contributed by atoms with Crippen LogP contribution >= 0.6 is 11.3 Å². The molecule has 122 valence electrons. The molecule has 1 aliphatic rings. The summed E-state index contributed by atoms with van der Waals surface area (Å²) in [5.41, 5.74) is 7.31. The molecule has 0 nitrogen and oxygen atoms in total. The molecule has 1 heterocycles. The first-order chi connectivity index (χ1) is 10.6. The summed E-state index contributed by atoms with van der Waals surface area (Å²) in [4.78, 5) is 2.96. The molecular formula is C22H28S. The fraction of sp³-hybridized carbons (Fsp3) is 0.455. The number of aryl methyl sites for hydroxylation is 1. The number of hydrogen-bond donors (Lipinski definition) is 0. The van der Waals surface area contributed by atoms with Gasteiger partial charge in [0, 0.05) is 9.75 Å². The van der Waals surface area contributed by atoms with E-state index in [2.05, 4.69) is 72.4 Å². The van der Waals surface area contributed by atoms with Crippen LogP contribution < -0.4 is 0 Å². The predicted molar refractivity (Wildman–Crippen MR) is 104 cm³/mol. The molecule has 1 aliphatic carbocycles. The van der Waals surface area contributed by atoms with Crippen molar-refractivity contribution in [1.82, 2.24) is 0 Å². The largest absolute Gasteiger partial charge is 0.139 e. The van der Waals surface area contributed by atoms with Crippen molar-refractivity contribution >= 4 is 16.9 Å². The molecule has 0 radical (unpaired) electrons. The van der Waals surface area contributed by atoms with Gasteiger partial charge in [0.25, 0.3) is 0 Å². The van der Waals surface area contributed by atoms with Crippen LogP contribution in [-0.2, 0) is 10.8 Å². The van der Waals surface area contributed by atoms with Gasteiger partial charge in [0.15, 0.2) is 0 Å². The average molecular weight is 325 g/mol. The molecule has 0 spiro atoms. The van der Waals surface area contributed by atoms with Gasteiger partial charge in [-0.2, -0.15) is 0 Å². The zero-order chi connectivity index (χ0) is 17.0. The van der Waals surface area contributed by atoms with Crippen LogP contribution in [0, 0.1) is 13.8 Å². The van der Waals surface area contributed by atoms with Gasteiger partial charge in [0.05, 0.1) is 0 Å². The van der Waals surface area contributed by atoms with Crippen LogP contribution in [0.1, 0.15) is 72.5 Å². The molecule has 0 unspecified atom stereocenters. The molecule has 0 saturated carbocycles. The highest BCUT2D eigenvalue weighted by Gasteiger charge is 2.40. The maximum absolute atomic E-state index is 4.44. The lowest BCUT2D eigenvalue weighted by Gasteiger charge is -2.39. The van der Waals surface area contributed by atoms with E-state index >= 15 is 0 Å². The van der Waals surface area contributed by atoms with Crippen molar-refractivity contribution < 1.29 is 0 Å². The van der Waals surface area contributed by atoms with Gasteiger partial charge < -0.3 is 0 Å². The van der Waals surface area contributed by atoms with Crippen molar-refractivity contribution in [2.75, 3.05) is 0 Å². The second-order valence-electron chi connectivity index (χ2n) is 8.37. The normalized spacial score (nSPS) is 18.5. The molecule has 3 rings (SSSR count). The van der Waals surface area contributed by atoms with Crippen molar-refractivity contribution in [2.24, 2.45) is 0 Å². The minimum atomic E-state index is 0.275. The fourth-order valence-electron chi connectivity index (χ4n) is 3.84. The van der Waals surface area contributed by atoms with Crippen molar-refractivity contribution in [3.05, 3.63) is 62.9 Å². The molecule has 0 saturated heterocycles. The highest BCUT2D eigenvalue weighted by molar-refractivity contribution is 7.13. The second-order valence-corrected chi connectivity index (χ2v) is 9.39. The zero-order valence-corrected chi connectivity index (χ0v) is 16.2. The third kappa shape index (κ3) is 2.70. The quantitative estimate of drug-likeness (QED) is 0.571. The Balaban J connectivity index is 2.14. The summed E-state index contributed by atoms with van der Waals surface area (Å²) >= 11 is 1.98. The van der Waals surface area contributed by atoms with Gasteiger partial charge in [-0.05, 0) is 59.8 Å². The van der Waals surface area contributed by atoms with Gasteiger partial charge in [0.2, 0.25) is 0 Å². The molecule has 1 aromatic heterocycles. The van der Waals surface area contributed by atoms with E-state index in [1.54, 1.807) is 10.4 Å². The third-order valence-electron chi connectivity index (χ3n) is 5.49. The van der Waals surface area contributed by atoms with Crippen LogP contribution in [0.25, 0.3) is 5.57 Å². The van der Waals surface area contributed by atoms with E-state index in [4.69, 9.17) is 0 Å². The summed E-state index contributed by atoms with van der Waals surface area (Å²) in [7, 11) is 0. The SMILES string of the molecule is C=C(c1ccc(C)cc1)c1sc2c(c1C)C(C)(C)CCC2(C)C. The van der Waals surface area contributed by atoms with E-state index in [9.17, 15) is 0 Å². The van der Waals surface area contributed by atoms with Gasteiger partial charge >= 0.3 is 0 Å². The van der Waals surface area contributed by atoms with Crippen molar-refractivity contribution in [3.8, 4) is 0 Å². The van der Waals surface area contributed by atoms with E-state index < -0.39 is 0 Å². The lowest BCUT2D eigenvalue weighted by Crippen LogP contribution is -2.32. The number of fused-ring (bicyclic) bond motifs is 1. The Hall–Kier alpha value is -1.34. The molecule has 1 aromatic carbocycles. The Kier molecular flexibility index (Phi) is 3.84. The second kappa shape index (κ2) is 5.34. The lowest BCUT2D eigenvalue weighted by molar-refractivity contribution is 0.337. The van der Waals surface area contributed by atoms with Crippen LogP contribution in [0.4, 0.5) is 0 Å². The first-order valence-electron chi connectivity index (χ1n) is 8.54. The monoisotopic (exact) mass is 324 g/mol. The fourth-order valence-corrected chi connectivity index (χ4v) is 5.45. The summed E-state index contributed by atoms with van der Waals surface area (Å²) in [5.74, 6) is 0. The first kappa shape index (κ1) is 16.5. The lowest BCUT2D eigenvalue weighted by atomic mass is 9.66. The van der Waals surface area contributed by atoms with Gasteiger partial charge in [-0.3, -0.25) is 0 Å². The maximum atomic E-state index is 4.44. The van der Waals surface area contributed by atoms with E-state index in [-0.39, 0.29) is 10.8 Å². The van der Waals surface area contributed by atoms with Gasteiger partial charge in [-0.15, -0.1) is 11.3 Å². The molecule has 2 aromatic rings. The summed E-state index contributed by atoms with van der Waals surface area (Å²) in [5, 5.41) is 0. The summed E-state index contributed by atoms with van der Waals surface area (Å²) < 4.78 is 0. The summed E-state index contributed by atoms with van der Waals surface area (Å²) in [6, 6.07) is 8.76. The van der Waals surface area contributed by atoms with E-state index in [0.717, 1.165) is 0 Å². The van der Waals surface area contributed by atoms with Gasteiger partial charge in [-0.1, -0.05) is 64.1 Å². The Labute approximate surface area is 145 Å². The highest BCUT2D eigenvalue weighted by Crippen LogP contribution is 2.52. The van der Waals surface area contributed by atoms with E-state index in [1.165, 1.54) is 40.0 Å². The highest BCUT2D eigenvalue weighted by atomic mass is 32.1.